The highest BCUT2D eigenvalue weighted by Crippen LogP contribution is 2.61. The van der Waals surface area contributed by atoms with Gasteiger partial charge in [0.15, 0.2) is 11.6 Å². The summed E-state index contributed by atoms with van der Waals surface area (Å²) in [5.74, 6) is 1.37. The average Bonchev–Trinajstić information content (AvgIpc) is 3.09. The first kappa shape index (κ1) is 17.5. The fourth-order valence-corrected chi connectivity index (χ4v) is 7.31. The van der Waals surface area contributed by atoms with Crippen molar-refractivity contribution in [3.8, 4) is 5.75 Å². The van der Waals surface area contributed by atoms with Crippen LogP contribution in [0.3, 0.4) is 0 Å². The monoisotopic (exact) mass is 371 g/mol. The Morgan fingerprint density at radius 3 is 2.26 bits per heavy atom. The van der Waals surface area contributed by atoms with Crippen LogP contribution in [-0.4, -0.2) is 11.6 Å². The van der Waals surface area contributed by atoms with Crippen LogP contribution >= 0.6 is 0 Å². The largest absolute Gasteiger partial charge is 0.545 e. The third kappa shape index (κ3) is 2.41. The van der Waals surface area contributed by atoms with Gasteiger partial charge in [0.2, 0.25) is 0 Å². The van der Waals surface area contributed by atoms with E-state index < -0.39 is 5.97 Å². The zero-order valence-corrected chi connectivity index (χ0v) is 16.2. The molecule has 0 unspecified atom stereocenters. The quantitative estimate of drug-likeness (QED) is 0.806. The van der Waals surface area contributed by atoms with Gasteiger partial charge in [-0.25, -0.2) is 4.39 Å². The van der Waals surface area contributed by atoms with Crippen molar-refractivity contribution in [3.63, 3.8) is 0 Å². The van der Waals surface area contributed by atoms with Crippen LogP contribution in [0.5, 0.6) is 5.75 Å². The van der Waals surface area contributed by atoms with Crippen LogP contribution in [0, 0.1) is 35.4 Å². The van der Waals surface area contributed by atoms with E-state index in [4.69, 9.17) is 4.74 Å². The van der Waals surface area contributed by atoms with E-state index in [1.807, 2.05) is 0 Å². The number of carboxylic acid groups (broad SMARTS) is 1. The summed E-state index contributed by atoms with van der Waals surface area (Å²) in [4.78, 5) is 11.7. The molecule has 5 aliphatic carbocycles. The zero-order valence-electron chi connectivity index (χ0n) is 16.2. The van der Waals surface area contributed by atoms with Crippen LogP contribution in [0.25, 0.3) is 0 Å². The molecule has 0 amide bonds. The molecule has 4 bridgehead atoms. The van der Waals surface area contributed by atoms with Gasteiger partial charge in [0.05, 0.1) is 5.97 Å². The first-order valence-corrected chi connectivity index (χ1v) is 10.6. The van der Waals surface area contributed by atoms with Crippen molar-refractivity contribution in [2.75, 3.05) is 0 Å². The van der Waals surface area contributed by atoms with Crippen molar-refractivity contribution >= 4 is 5.97 Å². The molecule has 4 saturated carbocycles. The van der Waals surface area contributed by atoms with Crippen LogP contribution < -0.4 is 9.84 Å². The smallest absolute Gasteiger partial charge is 0.168 e. The number of hydrogen-bond acceptors (Lipinski definition) is 3. The number of hydrogen-bond donors (Lipinski definition) is 0. The van der Waals surface area contributed by atoms with Crippen molar-refractivity contribution in [3.05, 3.63) is 28.6 Å². The SMILES string of the molecule is CC(C)C1(Oc2cc(C(=O)[O-])c3c(c2F)CCC3)C2CC3CC(C2)CC1C3. The molecule has 0 heterocycles. The summed E-state index contributed by atoms with van der Waals surface area (Å²) in [6, 6.07) is 1.42. The lowest BCUT2D eigenvalue weighted by Gasteiger charge is -2.62. The van der Waals surface area contributed by atoms with E-state index in [1.165, 1.54) is 38.2 Å². The summed E-state index contributed by atoms with van der Waals surface area (Å²) < 4.78 is 21.9. The highest BCUT2D eigenvalue weighted by molar-refractivity contribution is 5.89. The molecule has 0 aromatic heterocycles. The molecule has 0 atom stereocenters. The Hall–Kier alpha value is -1.58. The maximum Gasteiger partial charge on any atom is 0.168 e. The minimum absolute atomic E-state index is 0.127. The van der Waals surface area contributed by atoms with Gasteiger partial charge in [0.25, 0.3) is 0 Å². The van der Waals surface area contributed by atoms with Gasteiger partial charge in [-0.3, -0.25) is 0 Å². The van der Waals surface area contributed by atoms with Crippen LogP contribution in [0.15, 0.2) is 6.07 Å². The van der Waals surface area contributed by atoms with Crippen molar-refractivity contribution in [1.82, 2.24) is 0 Å². The fraction of sp³-hybridized carbons (Fsp3) is 0.696. The molecule has 146 valence electrons. The highest BCUT2D eigenvalue weighted by Gasteiger charge is 2.60. The molecule has 0 saturated heterocycles. The standard InChI is InChI=1S/C23H29FO3/c1-12(2)23(15-7-13-6-14(9-15)10-16(23)8-13)27-20-11-19(22(25)26)17-4-3-5-18(17)21(20)24/h11-16H,3-10H2,1-2H3,(H,25,26)/p-1. The van der Waals surface area contributed by atoms with Gasteiger partial charge in [-0.1, -0.05) is 13.8 Å². The third-order valence-electron chi connectivity index (χ3n) is 8.12. The number of ether oxygens (including phenoxy) is 1. The minimum atomic E-state index is -1.22. The molecule has 0 N–H and O–H groups in total. The summed E-state index contributed by atoms with van der Waals surface area (Å²) in [7, 11) is 0. The zero-order chi connectivity index (χ0) is 18.9. The maximum absolute atomic E-state index is 15.3. The molecule has 5 aliphatic rings. The van der Waals surface area contributed by atoms with Crippen LogP contribution in [-0.2, 0) is 12.8 Å². The van der Waals surface area contributed by atoms with E-state index in [1.54, 1.807) is 0 Å². The Morgan fingerprint density at radius 2 is 1.70 bits per heavy atom. The van der Waals surface area contributed by atoms with Crippen molar-refractivity contribution < 1.29 is 19.0 Å². The van der Waals surface area contributed by atoms with Crippen molar-refractivity contribution in [2.24, 2.45) is 29.6 Å². The van der Waals surface area contributed by atoms with Gasteiger partial charge in [-0.2, -0.15) is 0 Å². The topological polar surface area (TPSA) is 49.4 Å². The number of carboxylic acids is 1. The van der Waals surface area contributed by atoms with E-state index >= 15 is 4.39 Å². The van der Waals surface area contributed by atoms with E-state index in [2.05, 4.69) is 13.8 Å². The molecule has 6 rings (SSSR count). The molecule has 4 fully saturated rings. The number of carbonyl (C=O) groups excluding carboxylic acids is 1. The lowest BCUT2D eigenvalue weighted by molar-refractivity contribution is -0.255. The van der Waals surface area contributed by atoms with E-state index in [0.29, 0.717) is 35.8 Å². The number of aromatic carboxylic acids is 1. The Labute approximate surface area is 160 Å². The third-order valence-corrected chi connectivity index (χ3v) is 8.12. The predicted octanol–water partition coefficient (Wildman–Crippen LogP) is 3.91. The van der Waals surface area contributed by atoms with E-state index in [0.717, 1.165) is 18.3 Å². The number of rotatable bonds is 4. The highest BCUT2D eigenvalue weighted by atomic mass is 19.1. The second-order valence-electron chi connectivity index (χ2n) is 9.75. The van der Waals surface area contributed by atoms with Gasteiger partial charge < -0.3 is 14.6 Å². The molecule has 0 spiro atoms. The van der Waals surface area contributed by atoms with Crippen molar-refractivity contribution in [1.29, 1.82) is 0 Å². The van der Waals surface area contributed by atoms with Crippen LogP contribution in [0.1, 0.15) is 73.9 Å². The molecule has 0 aliphatic heterocycles. The van der Waals surface area contributed by atoms with Gasteiger partial charge in [-0.15, -0.1) is 0 Å². The fourth-order valence-electron chi connectivity index (χ4n) is 7.31. The van der Waals surface area contributed by atoms with E-state index in [-0.39, 0.29) is 28.6 Å². The Bertz CT molecular complexity index is 769. The van der Waals surface area contributed by atoms with Crippen molar-refractivity contribution in [2.45, 2.75) is 70.8 Å². The molecular weight excluding hydrogens is 343 g/mol. The predicted molar refractivity (Wildman–Crippen MR) is 98.0 cm³/mol. The maximum atomic E-state index is 15.3. The number of benzene rings is 1. The van der Waals surface area contributed by atoms with Crippen LogP contribution in [0.2, 0.25) is 0 Å². The summed E-state index contributed by atoms with van der Waals surface area (Å²) in [5.41, 5.74) is 0.907. The molecular formula is C23H28FO3-. The first-order valence-electron chi connectivity index (χ1n) is 10.6. The lowest BCUT2D eigenvalue weighted by Crippen LogP contribution is -2.63. The lowest BCUT2D eigenvalue weighted by atomic mass is 9.47. The number of halogens is 1. The second-order valence-corrected chi connectivity index (χ2v) is 9.75. The molecule has 1 aromatic carbocycles. The normalized spacial score (nSPS) is 36.3. The molecule has 27 heavy (non-hydrogen) atoms. The van der Waals surface area contributed by atoms with Gasteiger partial charge >= 0.3 is 0 Å². The minimum Gasteiger partial charge on any atom is -0.545 e. The Balaban J connectivity index is 1.59. The molecule has 1 aromatic rings. The first-order chi connectivity index (χ1) is 12.9. The number of fused-ring (bicyclic) bond motifs is 1. The second kappa shape index (κ2) is 5.96. The summed E-state index contributed by atoms with van der Waals surface area (Å²) >= 11 is 0. The van der Waals surface area contributed by atoms with E-state index in [9.17, 15) is 9.90 Å². The summed E-state index contributed by atoms with van der Waals surface area (Å²) in [6.45, 7) is 4.38. The van der Waals surface area contributed by atoms with Crippen LogP contribution in [0.4, 0.5) is 4.39 Å². The Kier molecular flexibility index (Phi) is 3.86. The number of carbonyl (C=O) groups is 1. The van der Waals surface area contributed by atoms with Gasteiger partial charge in [0.1, 0.15) is 5.60 Å². The molecule has 3 nitrogen and oxygen atoms in total. The van der Waals surface area contributed by atoms with Gasteiger partial charge in [0, 0.05) is 5.56 Å². The summed E-state index contributed by atoms with van der Waals surface area (Å²) in [5, 5.41) is 11.7. The summed E-state index contributed by atoms with van der Waals surface area (Å²) in [6.07, 6.45) is 8.03. The molecule has 4 heteroatoms. The average molecular weight is 371 g/mol. The molecule has 0 radical (unpaired) electrons. The Morgan fingerprint density at radius 1 is 1.11 bits per heavy atom. The van der Waals surface area contributed by atoms with Gasteiger partial charge in [-0.05, 0) is 98.1 Å².